The number of aromatic nitrogens is 2. The molecule has 0 amide bonds. The molecule has 0 aliphatic carbocycles. The zero-order valence-corrected chi connectivity index (χ0v) is 20.3. The molecule has 1 aromatic carbocycles. The Balaban J connectivity index is 2.13. The van der Waals surface area contributed by atoms with Crippen molar-refractivity contribution in [1.82, 2.24) is 9.38 Å². The van der Waals surface area contributed by atoms with Crippen LogP contribution in [0.15, 0.2) is 42.6 Å². The topological polar surface area (TPSA) is 72.7 Å². The lowest BCUT2D eigenvalue weighted by Crippen LogP contribution is -2.36. The maximum atomic E-state index is 11.9. The molecule has 6 nitrogen and oxygen atoms in total. The third kappa shape index (κ3) is 5.58. The molecule has 2 aromatic heterocycles. The Morgan fingerprint density at radius 1 is 1.10 bits per heavy atom. The molecule has 0 bridgehead atoms. The van der Waals surface area contributed by atoms with E-state index in [1.165, 1.54) is 0 Å². The lowest BCUT2D eigenvalue weighted by molar-refractivity contribution is 0.302. The maximum Gasteiger partial charge on any atom is 0.308 e. The molecule has 7 heteroatoms. The Morgan fingerprint density at radius 2 is 1.81 bits per heavy atom. The molecule has 0 radical (unpaired) electrons. The Bertz CT molecular complexity index is 1190. The fourth-order valence-corrected chi connectivity index (χ4v) is 4.63. The molecule has 1 N–H and O–H groups in total. The highest BCUT2D eigenvalue weighted by molar-refractivity contribution is 7.87. The van der Waals surface area contributed by atoms with E-state index in [1.807, 2.05) is 31.3 Å². The fourth-order valence-electron chi connectivity index (χ4n) is 4.12. The molecular formula is C24H33N3O3S. The summed E-state index contributed by atoms with van der Waals surface area (Å²) in [6.07, 6.45) is 2.95. The summed E-state index contributed by atoms with van der Waals surface area (Å²) in [5.74, 6) is 1.08. The summed E-state index contributed by atoms with van der Waals surface area (Å²) < 4.78 is 31.2. The van der Waals surface area contributed by atoms with Crippen LogP contribution in [-0.4, -0.2) is 29.1 Å². The van der Waals surface area contributed by atoms with Crippen LogP contribution >= 0.6 is 0 Å². The average molecular weight is 444 g/mol. The number of benzene rings is 1. The second kappa shape index (κ2) is 8.19. The molecule has 0 unspecified atom stereocenters. The van der Waals surface area contributed by atoms with Crippen LogP contribution < -0.4 is 9.50 Å². The van der Waals surface area contributed by atoms with Gasteiger partial charge in [0.05, 0.1) is 5.75 Å². The SMILES string of the molecule is CCS(=O)(=O)Oc1cccc(-c2nc3c(C)cccn3c2NC(C)(C)CC(C)(C)C)c1. The molecule has 2 heterocycles. The van der Waals surface area contributed by atoms with Crippen molar-refractivity contribution in [2.45, 2.75) is 60.4 Å². The van der Waals surface area contributed by atoms with Gasteiger partial charge in [-0.2, -0.15) is 8.42 Å². The number of fused-ring (bicyclic) bond motifs is 1. The van der Waals surface area contributed by atoms with Crippen molar-refractivity contribution in [3.63, 3.8) is 0 Å². The lowest BCUT2D eigenvalue weighted by Gasteiger charge is -2.34. The number of hydrogen-bond acceptors (Lipinski definition) is 5. The zero-order valence-electron chi connectivity index (χ0n) is 19.5. The minimum Gasteiger partial charge on any atom is -0.382 e. The molecule has 0 aliphatic rings. The number of rotatable bonds is 7. The number of nitrogens with zero attached hydrogens (tertiary/aromatic N) is 2. The Morgan fingerprint density at radius 3 is 2.45 bits per heavy atom. The minimum atomic E-state index is -3.60. The Kier molecular flexibility index (Phi) is 6.11. The summed E-state index contributed by atoms with van der Waals surface area (Å²) in [6, 6.07) is 11.1. The van der Waals surface area contributed by atoms with Gasteiger partial charge in [0.1, 0.15) is 22.9 Å². The van der Waals surface area contributed by atoms with E-state index in [9.17, 15) is 8.42 Å². The summed E-state index contributed by atoms with van der Waals surface area (Å²) in [7, 11) is -3.60. The van der Waals surface area contributed by atoms with Crippen molar-refractivity contribution >= 4 is 21.6 Å². The van der Waals surface area contributed by atoms with E-state index in [4.69, 9.17) is 9.17 Å². The highest BCUT2D eigenvalue weighted by atomic mass is 32.2. The zero-order chi connectivity index (χ0) is 23.0. The third-order valence-electron chi connectivity index (χ3n) is 4.96. The van der Waals surface area contributed by atoms with E-state index in [-0.39, 0.29) is 22.5 Å². The molecule has 0 saturated heterocycles. The quantitative estimate of drug-likeness (QED) is 0.477. The normalized spacial score (nSPS) is 12.9. The first-order valence-electron chi connectivity index (χ1n) is 10.6. The van der Waals surface area contributed by atoms with Gasteiger partial charge < -0.3 is 9.50 Å². The van der Waals surface area contributed by atoms with Gasteiger partial charge in [-0.1, -0.05) is 39.0 Å². The standard InChI is InChI=1S/C24H33N3O3S/c1-8-31(28,29)30-19-13-9-12-18(15-19)20-22(26-24(6,7)16-23(3,4)5)27-14-10-11-17(2)21(27)25-20/h9-15,26H,8,16H2,1-7H3. The molecule has 0 aliphatic heterocycles. The molecule has 3 aromatic rings. The van der Waals surface area contributed by atoms with Crippen LogP contribution in [-0.2, 0) is 10.1 Å². The molecule has 31 heavy (non-hydrogen) atoms. The second-order valence-corrected chi connectivity index (χ2v) is 11.8. The van der Waals surface area contributed by atoms with Crippen LogP contribution in [0.25, 0.3) is 16.9 Å². The van der Waals surface area contributed by atoms with E-state index in [2.05, 4.69) is 44.3 Å². The van der Waals surface area contributed by atoms with Gasteiger partial charge in [-0.3, -0.25) is 4.40 Å². The maximum absolute atomic E-state index is 11.9. The van der Waals surface area contributed by atoms with Crippen LogP contribution in [0.3, 0.4) is 0 Å². The second-order valence-electron chi connectivity index (χ2n) is 9.90. The van der Waals surface area contributed by atoms with Crippen molar-refractivity contribution < 1.29 is 12.6 Å². The average Bonchev–Trinajstić information content (AvgIpc) is 2.99. The number of anilines is 1. The van der Waals surface area contributed by atoms with E-state index >= 15 is 0 Å². The molecule has 0 saturated carbocycles. The summed E-state index contributed by atoms with van der Waals surface area (Å²) in [6.45, 7) is 14.6. The van der Waals surface area contributed by atoms with Gasteiger partial charge in [0.15, 0.2) is 0 Å². The number of aryl methyl sites for hydroxylation is 1. The number of imidazole rings is 1. The van der Waals surface area contributed by atoms with Gasteiger partial charge in [0, 0.05) is 17.3 Å². The van der Waals surface area contributed by atoms with Crippen LogP contribution in [0, 0.1) is 12.3 Å². The Hall–Kier alpha value is -2.54. The fraction of sp³-hybridized carbons (Fsp3) is 0.458. The lowest BCUT2D eigenvalue weighted by atomic mass is 9.82. The molecule has 3 rings (SSSR count). The number of pyridine rings is 1. The van der Waals surface area contributed by atoms with E-state index in [0.717, 1.165) is 34.7 Å². The predicted octanol–water partition coefficient (Wildman–Crippen LogP) is 5.66. The van der Waals surface area contributed by atoms with Crippen LogP contribution in [0.2, 0.25) is 0 Å². The van der Waals surface area contributed by atoms with Crippen molar-refractivity contribution in [2.75, 3.05) is 11.1 Å². The highest BCUT2D eigenvalue weighted by Crippen LogP contribution is 2.36. The van der Waals surface area contributed by atoms with Gasteiger partial charge in [0.2, 0.25) is 0 Å². The monoisotopic (exact) mass is 443 g/mol. The summed E-state index contributed by atoms with van der Waals surface area (Å²) in [4.78, 5) is 4.92. The van der Waals surface area contributed by atoms with Crippen molar-refractivity contribution in [3.8, 4) is 17.0 Å². The van der Waals surface area contributed by atoms with Gasteiger partial charge in [-0.25, -0.2) is 4.98 Å². The van der Waals surface area contributed by atoms with Crippen LogP contribution in [0.4, 0.5) is 5.82 Å². The largest absolute Gasteiger partial charge is 0.382 e. The highest BCUT2D eigenvalue weighted by Gasteiger charge is 2.28. The van der Waals surface area contributed by atoms with Crippen molar-refractivity contribution in [2.24, 2.45) is 5.41 Å². The number of nitrogens with one attached hydrogen (secondary N) is 1. The molecule has 168 valence electrons. The van der Waals surface area contributed by atoms with Gasteiger partial charge in [0.25, 0.3) is 0 Å². The van der Waals surface area contributed by atoms with Gasteiger partial charge in [-0.15, -0.1) is 0 Å². The third-order valence-corrected chi connectivity index (χ3v) is 6.11. The predicted molar refractivity (Wildman–Crippen MR) is 127 cm³/mol. The minimum absolute atomic E-state index is 0.0847. The first kappa shape index (κ1) is 23.1. The van der Waals surface area contributed by atoms with Crippen LogP contribution in [0.5, 0.6) is 5.75 Å². The number of hydrogen-bond donors (Lipinski definition) is 1. The molecule has 0 spiro atoms. The molecule has 0 fully saturated rings. The van der Waals surface area contributed by atoms with E-state index in [1.54, 1.807) is 25.1 Å². The molecule has 0 atom stereocenters. The summed E-state index contributed by atoms with van der Waals surface area (Å²) in [5.41, 5.74) is 3.43. The summed E-state index contributed by atoms with van der Waals surface area (Å²) in [5, 5.41) is 3.71. The van der Waals surface area contributed by atoms with Crippen molar-refractivity contribution in [3.05, 3.63) is 48.2 Å². The van der Waals surface area contributed by atoms with E-state index in [0.29, 0.717) is 0 Å². The smallest absolute Gasteiger partial charge is 0.308 e. The molecular weight excluding hydrogens is 410 g/mol. The van der Waals surface area contributed by atoms with Crippen LogP contribution in [0.1, 0.15) is 53.5 Å². The Labute approximate surface area is 185 Å². The van der Waals surface area contributed by atoms with E-state index < -0.39 is 10.1 Å². The van der Waals surface area contributed by atoms with Gasteiger partial charge in [-0.05, 0) is 63.3 Å². The van der Waals surface area contributed by atoms with Gasteiger partial charge >= 0.3 is 10.1 Å². The summed E-state index contributed by atoms with van der Waals surface area (Å²) >= 11 is 0. The van der Waals surface area contributed by atoms with Crippen molar-refractivity contribution in [1.29, 1.82) is 0 Å². The first-order chi connectivity index (χ1) is 14.3. The first-order valence-corrected chi connectivity index (χ1v) is 12.2.